The van der Waals surface area contributed by atoms with Gasteiger partial charge < -0.3 is 30.4 Å². The molecule has 12 heteroatoms. The van der Waals surface area contributed by atoms with E-state index in [1.807, 2.05) is 0 Å². The van der Waals surface area contributed by atoms with Crippen LogP contribution in [0.2, 0.25) is 0 Å². The van der Waals surface area contributed by atoms with Gasteiger partial charge in [-0.25, -0.2) is 15.0 Å². The van der Waals surface area contributed by atoms with Crippen LogP contribution in [-0.4, -0.2) is 67.1 Å². The van der Waals surface area contributed by atoms with Crippen molar-refractivity contribution in [1.82, 2.24) is 24.8 Å². The lowest BCUT2D eigenvalue weighted by atomic mass is 10.1. The van der Waals surface area contributed by atoms with Crippen LogP contribution in [0.1, 0.15) is 20.1 Å². The third-order valence-corrected chi connectivity index (χ3v) is 4.36. The smallest absolute Gasteiger partial charge is 0.322 e. The Kier molecular flexibility index (Phi) is 3.98. The van der Waals surface area contributed by atoms with Crippen LogP contribution in [-0.2, 0) is 23.8 Å². The van der Waals surface area contributed by atoms with Crippen molar-refractivity contribution in [2.45, 2.75) is 44.2 Å². The molecule has 0 spiro atoms. The second-order valence-corrected chi connectivity index (χ2v) is 6.71. The van der Waals surface area contributed by atoms with Crippen LogP contribution < -0.4 is 11.1 Å². The number of carbonyl (C=O) groups excluding carboxylic acids is 1. The van der Waals surface area contributed by atoms with E-state index >= 15 is 0 Å². The van der Waals surface area contributed by atoms with E-state index < -0.39 is 48.7 Å². The number of nitrogen functional groups attached to an aromatic ring is 1. The van der Waals surface area contributed by atoms with Crippen LogP contribution in [0.4, 0.5) is 5.82 Å². The first kappa shape index (κ1) is 17.6. The molecule has 2 fully saturated rings. The molecule has 0 aromatic carbocycles. The topological polar surface area (TPSA) is 164 Å². The van der Waals surface area contributed by atoms with Crippen molar-refractivity contribution in [3.8, 4) is 0 Å². The maximum atomic E-state index is 12.4. The van der Waals surface area contributed by atoms with Gasteiger partial charge in [-0.05, 0) is 13.8 Å². The van der Waals surface area contributed by atoms with E-state index in [1.165, 1.54) is 12.7 Å². The predicted octanol–water partition coefficient (Wildman–Crippen LogP) is -0.973. The molecule has 2 saturated heterocycles. The highest BCUT2D eigenvalue weighted by Crippen LogP contribution is 2.43. The summed E-state index contributed by atoms with van der Waals surface area (Å²) in [6.07, 6.45) is -0.405. The molecule has 0 bridgehead atoms. The van der Waals surface area contributed by atoms with Crippen molar-refractivity contribution in [2.24, 2.45) is 0 Å². The van der Waals surface area contributed by atoms with Crippen molar-refractivity contribution >= 4 is 28.9 Å². The second kappa shape index (κ2) is 6.11. The molecule has 4 atom stereocenters. The molecule has 2 aromatic heterocycles. The predicted molar refractivity (Wildman–Crippen MR) is 88.1 cm³/mol. The van der Waals surface area contributed by atoms with E-state index in [-0.39, 0.29) is 5.82 Å². The molecule has 1 amide bonds. The summed E-state index contributed by atoms with van der Waals surface area (Å²) < 4.78 is 19.2. The number of rotatable bonds is 4. The van der Waals surface area contributed by atoms with Gasteiger partial charge in [0.25, 0.3) is 5.91 Å². The number of anilines is 1. The quantitative estimate of drug-likeness (QED) is 0.603. The fourth-order valence-corrected chi connectivity index (χ4v) is 3.33. The lowest BCUT2D eigenvalue weighted by Gasteiger charge is -2.24. The van der Waals surface area contributed by atoms with Crippen LogP contribution in [0.5, 0.6) is 0 Å². The SMILES string of the molecule is CC1(C)O[C@@H]2[C@H](O1)[C@H](n1cnc3c(N)ncnc31)O[C@@H]2C(=O)NCC(=O)O. The number of carboxylic acids is 1. The minimum atomic E-state index is -1.16. The molecule has 0 radical (unpaired) electrons. The van der Waals surface area contributed by atoms with Gasteiger partial charge in [0.05, 0.1) is 6.33 Å². The zero-order valence-corrected chi connectivity index (χ0v) is 14.5. The Hall–Kier alpha value is -2.83. The van der Waals surface area contributed by atoms with Crippen LogP contribution in [0.15, 0.2) is 12.7 Å². The van der Waals surface area contributed by atoms with E-state index in [2.05, 4.69) is 20.3 Å². The number of fused-ring (bicyclic) bond motifs is 2. The molecular formula is C15H18N6O6. The van der Waals surface area contributed by atoms with Gasteiger partial charge in [-0.3, -0.25) is 14.2 Å². The molecule has 12 nitrogen and oxygen atoms in total. The number of carbonyl (C=O) groups is 2. The van der Waals surface area contributed by atoms with Crippen LogP contribution in [0.3, 0.4) is 0 Å². The number of hydrogen-bond donors (Lipinski definition) is 3. The monoisotopic (exact) mass is 378 g/mol. The molecule has 2 aliphatic heterocycles. The number of amides is 1. The van der Waals surface area contributed by atoms with Crippen LogP contribution in [0.25, 0.3) is 11.2 Å². The molecule has 4 heterocycles. The highest BCUT2D eigenvalue weighted by atomic mass is 16.8. The van der Waals surface area contributed by atoms with E-state index in [1.54, 1.807) is 18.4 Å². The zero-order valence-electron chi connectivity index (χ0n) is 14.5. The summed E-state index contributed by atoms with van der Waals surface area (Å²) in [4.78, 5) is 35.4. The Labute approximate surface area is 152 Å². The average Bonchev–Trinajstić information content (AvgIpc) is 3.24. The third kappa shape index (κ3) is 2.97. The lowest BCUT2D eigenvalue weighted by Crippen LogP contribution is -2.44. The Morgan fingerprint density at radius 1 is 1.30 bits per heavy atom. The number of nitrogens with one attached hydrogen (secondary N) is 1. The van der Waals surface area contributed by atoms with Gasteiger partial charge in [-0.15, -0.1) is 0 Å². The minimum Gasteiger partial charge on any atom is -0.480 e. The van der Waals surface area contributed by atoms with E-state index in [0.717, 1.165) is 0 Å². The molecule has 0 saturated carbocycles. The molecular weight excluding hydrogens is 360 g/mol. The summed E-state index contributed by atoms with van der Waals surface area (Å²) in [6, 6.07) is 0. The first-order valence-electron chi connectivity index (χ1n) is 8.20. The lowest BCUT2D eigenvalue weighted by molar-refractivity contribution is -0.197. The summed E-state index contributed by atoms with van der Waals surface area (Å²) in [5.41, 5.74) is 6.64. The summed E-state index contributed by atoms with van der Waals surface area (Å²) in [5.74, 6) is -2.48. The Morgan fingerprint density at radius 3 is 2.78 bits per heavy atom. The summed E-state index contributed by atoms with van der Waals surface area (Å²) in [5, 5.41) is 11.1. The molecule has 0 unspecified atom stereocenters. The number of carboxylic acid groups (broad SMARTS) is 1. The van der Waals surface area contributed by atoms with Gasteiger partial charge in [0.2, 0.25) is 0 Å². The molecule has 144 valence electrons. The molecule has 27 heavy (non-hydrogen) atoms. The largest absolute Gasteiger partial charge is 0.480 e. The third-order valence-electron chi connectivity index (χ3n) is 4.36. The second-order valence-electron chi connectivity index (χ2n) is 6.71. The number of aliphatic carboxylic acids is 1. The number of nitrogens with zero attached hydrogens (tertiary/aromatic N) is 4. The number of hydrogen-bond acceptors (Lipinski definition) is 9. The van der Waals surface area contributed by atoms with E-state index in [0.29, 0.717) is 11.2 Å². The number of ether oxygens (including phenoxy) is 3. The number of nitrogens with two attached hydrogens (primary N) is 1. The van der Waals surface area contributed by atoms with Crippen molar-refractivity contribution in [1.29, 1.82) is 0 Å². The van der Waals surface area contributed by atoms with Crippen molar-refractivity contribution in [3.05, 3.63) is 12.7 Å². The number of aromatic nitrogens is 4. The van der Waals surface area contributed by atoms with Crippen LogP contribution >= 0.6 is 0 Å². The van der Waals surface area contributed by atoms with E-state index in [9.17, 15) is 9.59 Å². The van der Waals surface area contributed by atoms with Gasteiger partial charge in [0.1, 0.15) is 30.6 Å². The van der Waals surface area contributed by atoms with Crippen LogP contribution in [0, 0.1) is 0 Å². The highest BCUT2D eigenvalue weighted by molar-refractivity contribution is 5.85. The average molecular weight is 378 g/mol. The van der Waals surface area contributed by atoms with Crippen molar-refractivity contribution in [2.75, 3.05) is 12.3 Å². The molecule has 0 aliphatic carbocycles. The van der Waals surface area contributed by atoms with Gasteiger partial charge in [0.15, 0.2) is 29.6 Å². The Balaban J connectivity index is 1.67. The normalized spacial score (nSPS) is 29.0. The van der Waals surface area contributed by atoms with Gasteiger partial charge >= 0.3 is 5.97 Å². The molecule has 4 rings (SSSR count). The van der Waals surface area contributed by atoms with Gasteiger partial charge in [-0.2, -0.15) is 0 Å². The van der Waals surface area contributed by atoms with Crippen molar-refractivity contribution < 1.29 is 28.9 Å². The van der Waals surface area contributed by atoms with Gasteiger partial charge in [0, 0.05) is 0 Å². The number of imidazole rings is 1. The first-order chi connectivity index (χ1) is 12.8. The standard InChI is InChI=1S/C15H18N6O6/c1-15(2)26-8-9(13(24)17-3-6(22)23)25-14(10(8)27-15)21-5-20-7-11(16)18-4-19-12(7)21/h4-5,8-10,14H,3H2,1-2H3,(H,17,24)(H,22,23)(H2,16,18,19)/t8-,9-,10-,14+/m0/s1. The Morgan fingerprint density at radius 2 is 2.04 bits per heavy atom. The fraction of sp³-hybridized carbons (Fsp3) is 0.533. The zero-order chi connectivity index (χ0) is 19.3. The molecule has 2 aliphatic rings. The summed E-state index contributed by atoms with van der Waals surface area (Å²) in [7, 11) is 0. The molecule has 4 N–H and O–H groups in total. The Bertz CT molecular complexity index is 913. The molecule has 2 aromatic rings. The van der Waals surface area contributed by atoms with Crippen molar-refractivity contribution in [3.63, 3.8) is 0 Å². The van der Waals surface area contributed by atoms with Gasteiger partial charge in [-0.1, -0.05) is 0 Å². The van der Waals surface area contributed by atoms with E-state index in [4.69, 9.17) is 25.1 Å². The summed E-state index contributed by atoms with van der Waals surface area (Å²) >= 11 is 0. The first-order valence-corrected chi connectivity index (χ1v) is 8.20. The minimum absolute atomic E-state index is 0.216. The maximum Gasteiger partial charge on any atom is 0.322 e. The highest BCUT2D eigenvalue weighted by Gasteiger charge is 2.58. The summed E-state index contributed by atoms with van der Waals surface area (Å²) in [6.45, 7) is 2.92. The maximum absolute atomic E-state index is 12.4. The fourth-order valence-electron chi connectivity index (χ4n) is 3.33.